The van der Waals surface area contributed by atoms with Crippen molar-refractivity contribution in [2.24, 2.45) is 0 Å². The van der Waals surface area contributed by atoms with Crippen LogP contribution in [-0.4, -0.2) is 49.4 Å². The van der Waals surface area contributed by atoms with Gasteiger partial charge < -0.3 is 19.7 Å². The summed E-state index contributed by atoms with van der Waals surface area (Å²) in [4.78, 5) is 27.4. The zero-order valence-corrected chi connectivity index (χ0v) is 22.8. The largest absolute Gasteiger partial charge is 0.449 e. The van der Waals surface area contributed by atoms with E-state index in [0.29, 0.717) is 39.1 Å². The van der Waals surface area contributed by atoms with Crippen LogP contribution in [-0.2, 0) is 9.47 Å². The fourth-order valence-electron chi connectivity index (χ4n) is 6.70. The standard InChI is InChI=1S/C35H32N2O4/c38-34(40-21-32-28-13-5-1-9-24(28)25-10-2-6-14-29(25)32)36-23-17-19-37(20-18-23)35(39)41-22-33-30-15-7-3-11-26(30)27-12-4-8-16-31(27)33/h1-16,23,32-33H,17-22H2,(H,36,38). The van der Waals surface area contributed by atoms with E-state index in [0.717, 1.165) is 0 Å². The van der Waals surface area contributed by atoms with Gasteiger partial charge >= 0.3 is 12.2 Å². The number of carbonyl (C=O) groups excluding carboxylic acids is 2. The van der Waals surface area contributed by atoms with Gasteiger partial charge in [-0.05, 0) is 57.3 Å². The summed E-state index contributed by atoms with van der Waals surface area (Å²) in [5.41, 5.74) is 9.62. The molecule has 0 unspecified atom stereocenters. The summed E-state index contributed by atoms with van der Waals surface area (Å²) in [5, 5.41) is 3.01. The molecule has 1 heterocycles. The van der Waals surface area contributed by atoms with Gasteiger partial charge in [-0.25, -0.2) is 9.59 Å². The number of benzene rings is 4. The molecule has 6 nitrogen and oxygen atoms in total. The molecule has 0 saturated carbocycles. The van der Waals surface area contributed by atoms with Gasteiger partial charge in [-0.1, -0.05) is 97.1 Å². The molecule has 1 N–H and O–H groups in total. The number of hydrogen-bond donors (Lipinski definition) is 1. The van der Waals surface area contributed by atoms with Crippen LogP contribution in [0.25, 0.3) is 22.3 Å². The molecule has 0 aromatic heterocycles. The van der Waals surface area contributed by atoms with Crippen molar-refractivity contribution in [1.82, 2.24) is 10.2 Å². The summed E-state index contributed by atoms with van der Waals surface area (Å²) < 4.78 is 11.5. The third-order valence-electron chi connectivity index (χ3n) is 8.75. The first-order valence-electron chi connectivity index (χ1n) is 14.4. The summed E-state index contributed by atoms with van der Waals surface area (Å²) in [7, 11) is 0. The Balaban J connectivity index is 0.899. The van der Waals surface area contributed by atoms with Crippen LogP contribution in [0.1, 0.15) is 46.9 Å². The summed E-state index contributed by atoms with van der Waals surface area (Å²) in [6.45, 7) is 1.67. The molecular weight excluding hydrogens is 512 g/mol. The van der Waals surface area contributed by atoms with Gasteiger partial charge in [0, 0.05) is 31.0 Å². The van der Waals surface area contributed by atoms with Crippen molar-refractivity contribution in [3.8, 4) is 22.3 Å². The number of nitrogens with zero attached hydrogens (tertiary/aromatic N) is 1. The number of amides is 2. The van der Waals surface area contributed by atoms with Crippen molar-refractivity contribution in [3.63, 3.8) is 0 Å². The number of likely N-dealkylation sites (tertiary alicyclic amines) is 1. The van der Waals surface area contributed by atoms with E-state index in [1.54, 1.807) is 4.90 Å². The van der Waals surface area contributed by atoms with E-state index < -0.39 is 6.09 Å². The molecule has 4 aromatic carbocycles. The van der Waals surface area contributed by atoms with E-state index in [1.807, 2.05) is 48.5 Å². The topological polar surface area (TPSA) is 67.9 Å². The van der Waals surface area contributed by atoms with E-state index in [1.165, 1.54) is 44.5 Å². The molecule has 6 heteroatoms. The van der Waals surface area contributed by atoms with Crippen molar-refractivity contribution in [2.45, 2.75) is 30.7 Å². The number of hydrogen-bond acceptors (Lipinski definition) is 4. The lowest BCUT2D eigenvalue weighted by atomic mass is 9.98. The fraction of sp³-hybridized carbons (Fsp3) is 0.257. The van der Waals surface area contributed by atoms with Gasteiger partial charge in [-0.2, -0.15) is 0 Å². The number of piperidine rings is 1. The Kier molecular flexibility index (Phi) is 6.67. The third kappa shape index (κ3) is 4.73. The second-order valence-electron chi connectivity index (χ2n) is 11.0. The van der Waals surface area contributed by atoms with Crippen LogP contribution in [0.2, 0.25) is 0 Å². The lowest BCUT2D eigenvalue weighted by Crippen LogP contribution is -2.47. The van der Waals surface area contributed by atoms with Gasteiger partial charge in [0.25, 0.3) is 0 Å². The van der Waals surface area contributed by atoms with Crippen LogP contribution < -0.4 is 5.32 Å². The molecule has 0 bridgehead atoms. The Labute approximate surface area is 239 Å². The molecule has 4 aromatic rings. The van der Waals surface area contributed by atoms with E-state index in [9.17, 15) is 9.59 Å². The van der Waals surface area contributed by atoms with Crippen molar-refractivity contribution in [1.29, 1.82) is 0 Å². The highest BCUT2D eigenvalue weighted by atomic mass is 16.6. The second-order valence-corrected chi connectivity index (χ2v) is 11.0. The molecule has 2 aliphatic carbocycles. The van der Waals surface area contributed by atoms with Crippen LogP contribution >= 0.6 is 0 Å². The lowest BCUT2D eigenvalue weighted by molar-refractivity contribution is 0.0870. The van der Waals surface area contributed by atoms with Crippen molar-refractivity contribution in [3.05, 3.63) is 119 Å². The van der Waals surface area contributed by atoms with Crippen LogP contribution in [0.3, 0.4) is 0 Å². The van der Waals surface area contributed by atoms with E-state index in [4.69, 9.17) is 9.47 Å². The smallest absolute Gasteiger partial charge is 0.409 e. The highest BCUT2D eigenvalue weighted by molar-refractivity contribution is 5.80. The van der Waals surface area contributed by atoms with Gasteiger partial charge in [-0.15, -0.1) is 0 Å². The van der Waals surface area contributed by atoms with E-state index >= 15 is 0 Å². The minimum atomic E-state index is -0.411. The first-order chi connectivity index (χ1) is 20.2. The van der Waals surface area contributed by atoms with Crippen molar-refractivity contribution >= 4 is 12.2 Å². The van der Waals surface area contributed by atoms with Crippen molar-refractivity contribution < 1.29 is 19.1 Å². The predicted octanol–water partition coefficient (Wildman–Crippen LogP) is 6.94. The average Bonchev–Trinajstić information content (AvgIpc) is 3.52. The molecule has 7 rings (SSSR count). The molecule has 0 spiro atoms. The first-order valence-corrected chi connectivity index (χ1v) is 14.4. The molecule has 1 fully saturated rings. The van der Waals surface area contributed by atoms with Gasteiger partial charge in [-0.3, -0.25) is 0 Å². The summed E-state index contributed by atoms with van der Waals surface area (Å²) in [6, 6.07) is 33.2. The molecule has 0 atom stereocenters. The monoisotopic (exact) mass is 544 g/mol. The normalized spacial score (nSPS) is 16.0. The Morgan fingerprint density at radius 2 is 1.00 bits per heavy atom. The van der Waals surface area contributed by atoms with E-state index in [-0.39, 0.29) is 24.0 Å². The first kappa shape index (κ1) is 25.4. The zero-order chi connectivity index (χ0) is 27.8. The highest BCUT2D eigenvalue weighted by Gasteiger charge is 2.32. The Morgan fingerprint density at radius 1 is 0.610 bits per heavy atom. The Hall–Kier alpha value is -4.58. The average molecular weight is 545 g/mol. The van der Waals surface area contributed by atoms with E-state index in [2.05, 4.69) is 53.8 Å². The van der Waals surface area contributed by atoms with Crippen LogP contribution in [0.4, 0.5) is 9.59 Å². The molecule has 206 valence electrons. The molecule has 2 amide bonds. The maximum Gasteiger partial charge on any atom is 0.409 e. The van der Waals surface area contributed by atoms with Crippen molar-refractivity contribution in [2.75, 3.05) is 26.3 Å². The molecular formula is C35H32N2O4. The number of fused-ring (bicyclic) bond motifs is 6. The van der Waals surface area contributed by atoms with Crippen LogP contribution in [0.15, 0.2) is 97.1 Å². The molecule has 1 saturated heterocycles. The zero-order valence-electron chi connectivity index (χ0n) is 22.8. The molecule has 41 heavy (non-hydrogen) atoms. The van der Waals surface area contributed by atoms with Crippen LogP contribution in [0, 0.1) is 0 Å². The third-order valence-corrected chi connectivity index (χ3v) is 8.75. The number of carbonyl (C=O) groups is 2. The van der Waals surface area contributed by atoms with Gasteiger partial charge in [0.05, 0.1) is 0 Å². The van der Waals surface area contributed by atoms with Gasteiger partial charge in [0.1, 0.15) is 13.2 Å². The number of nitrogens with one attached hydrogen (secondary N) is 1. The van der Waals surface area contributed by atoms with Gasteiger partial charge in [0.2, 0.25) is 0 Å². The predicted molar refractivity (Wildman–Crippen MR) is 158 cm³/mol. The summed E-state index contributed by atoms with van der Waals surface area (Å²) >= 11 is 0. The molecule has 3 aliphatic rings. The maximum absolute atomic E-state index is 13.0. The number of rotatable bonds is 5. The maximum atomic E-state index is 13.0. The van der Waals surface area contributed by atoms with Crippen LogP contribution in [0.5, 0.6) is 0 Å². The van der Waals surface area contributed by atoms with Gasteiger partial charge in [0.15, 0.2) is 0 Å². The minimum Gasteiger partial charge on any atom is -0.449 e. The number of alkyl carbamates (subject to hydrolysis) is 1. The Bertz CT molecular complexity index is 1520. The quantitative estimate of drug-likeness (QED) is 0.296. The SMILES string of the molecule is O=C(NC1CCN(C(=O)OCC2c3ccccc3-c3ccccc32)CC1)OCC1c2ccccc2-c2ccccc21. The number of ether oxygens (including phenoxy) is 2. The summed E-state index contributed by atoms with van der Waals surface area (Å²) in [6.07, 6.45) is 0.612. The summed E-state index contributed by atoms with van der Waals surface area (Å²) in [5.74, 6) is 0.0719. The molecule has 1 aliphatic heterocycles. The fourth-order valence-corrected chi connectivity index (χ4v) is 6.70. The Morgan fingerprint density at radius 3 is 1.44 bits per heavy atom. The second kappa shape index (κ2) is 10.8. The molecule has 0 radical (unpaired) electrons. The highest BCUT2D eigenvalue weighted by Crippen LogP contribution is 2.45. The lowest BCUT2D eigenvalue weighted by Gasteiger charge is -2.32. The minimum absolute atomic E-state index is 0.0311.